The molecule has 4 aromatic rings. The first-order valence-electron chi connectivity index (χ1n) is 10.4. The maximum atomic E-state index is 13.3. The van der Waals surface area contributed by atoms with Gasteiger partial charge in [0.2, 0.25) is 0 Å². The number of imidazole rings is 1. The number of hydrogen-bond acceptors (Lipinski definition) is 5. The predicted octanol–water partition coefficient (Wildman–Crippen LogP) is 3.88. The van der Waals surface area contributed by atoms with E-state index >= 15 is 0 Å². The Morgan fingerprint density at radius 1 is 1.29 bits per heavy atom. The molecule has 1 aliphatic carbocycles. The number of benzene rings is 1. The highest BCUT2D eigenvalue weighted by atomic mass is 35.5. The summed E-state index contributed by atoms with van der Waals surface area (Å²) in [5.74, 6) is 1.06. The van der Waals surface area contributed by atoms with E-state index in [1.165, 1.54) is 10.4 Å². The van der Waals surface area contributed by atoms with Crippen molar-refractivity contribution >= 4 is 33.2 Å². The zero-order valence-electron chi connectivity index (χ0n) is 17.6. The first kappa shape index (κ1) is 20.4. The number of fused-ring (bicyclic) bond motifs is 3. The molecule has 0 radical (unpaired) electrons. The van der Waals surface area contributed by atoms with Crippen molar-refractivity contribution in [2.24, 2.45) is 7.05 Å². The summed E-state index contributed by atoms with van der Waals surface area (Å²) in [6.07, 6.45) is 8.35. The summed E-state index contributed by atoms with van der Waals surface area (Å²) >= 11 is 7.97. The van der Waals surface area contributed by atoms with Gasteiger partial charge < -0.3 is 4.57 Å². The minimum absolute atomic E-state index is 0.0298. The largest absolute Gasteiger partial charge is 0.337 e. The van der Waals surface area contributed by atoms with Gasteiger partial charge in [0.25, 0.3) is 5.56 Å². The van der Waals surface area contributed by atoms with E-state index in [0.717, 1.165) is 47.4 Å². The van der Waals surface area contributed by atoms with Crippen LogP contribution in [0.25, 0.3) is 10.2 Å². The molecule has 0 bridgehead atoms. The summed E-state index contributed by atoms with van der Waals surface area (Å²) in [6, 6.07) is 8.06. The van der Waals surface area contributed by atoms with Gasteiger partial charge in [-0.2, -0.15) is 0 Å². The van der Waals surface area contributed by atoms with Crippen LogP contribution in [0.15, 0.2) is 47.8 Å². The van der Waals surface area contributed by atoms with Gasteiger partial charge in [-0.15, -0.1) is 11.3 Å². The molecule has 1 atom stereocenters. The third-order valence-electron chi connectivity index (χ3n) is 6.24. The molecule has 0 fully saturated rings. The zero-order chi connectivity index (χ0) is 21.5. The van der Waals surface area contributed by atoms with E-state index < -0.39 is 0 Å². The van der Waals surface area contributed by atoms with Gasteiger partial charge in [-0.1, -0.05) is 29.8 Å². The molecule has 0 N–H and O–H groups in total. The average molecular weight is 454 g/mol. The van der Waals surface area contributed by atoms with Crippen LogP contribution in [-0.4, -0.2) is 37.1 Å². The van der Waals surface area contributed by atoms with E-state index in [9.17, 15) is 4.79 Å². The SMILES string of the molecule is CN(Cc1nccn1C)[C@@H]1CCc2c(sc3ncn(Cc4ccccc4Cl)c(=O)c23)C1. The van der Waals surface area contributed by atoms with Crippen LogP contribution in [0.3, 0.4) is 0 Å². The Morgan fingerprint density at radius 2 is 2.13 bits per heavy atom. The fraction of sp³-hybridized carbons (Fsp3) is 0.348. The summed E-state index contributed by atoms with van der Waals surface area (Å²) in [5.41, 5.74) is 2.14. The van der Waals surface area contributed by atoms with Gasteiger partial charge >= 0.3 is 0 Å². The van der Waals surface area contributed by atoms with Gasteiger partial charge in [0.15, 0.2) is 0 Å². The van der Waals surface area contributed by atoms with E-state index in [1.54, 1.807) is 22.2 Å². The van der Waals surface area contributed by atoms with Crippen molar-refractivity contribution in [3.63, 3.8) is 0 Å². The van der Waals surface area contributed by atoms with Gasteiger partial charge in [-0.25, -0.2) is 9.97 Å². The van der Waals surface area contributed by atoms with Gasteiger partial charge in [0, 0.05) is 35.4 Å². The van der Waals surface area contributed by atoms with E-state index in [2.05, 4.69) is 26.5 Å². The second-order valence-electron chi connectivity index (χ2n) is 8.22. The maximum Gasteiger partial charge on any atom is 0.262 e. The maximum absolute atomic E-state index is 13.3. The van der Waals surface area contributed by atoms with Crippen molar-refractivity contribution in [2.75, 3.05) is 7.05 Å². The van der Waals surface area contributed by atoms with Crippen molar-refractivity contribution < 1.29 is 0 Å². The molecule has 8 heteroatoms. The highest BCUT2D eigenvalue weighted by Crippen LogP contribution is 2.35. The smallest absolute Gasteiger partial charge is 0.262 e. The Balaban J connectivity index is 1.42. The Hall–Kier alpha value is -2.48. The van der Waals surface area contributed by atoms with Crippen LogP contribution in [0.2, 0.25) is 5.02 Å². The van der Waals surface area contributed by atoms with Crippen molar-refractivity contribution in [2.45, 2.75) is 38.4 Å². The summed E-state index contributed by atoms with van der Waals surface area (Å²) < 4.78 is 3.74. The Morgan fingerprint density at radius 3 is 2.90 bits per heavy atom. The first-order chi connectivity index (χ1) is 15.0. The van der Waals surface area contributed by atoms with Crippen LogP contribution < -0.4 is 5.56 Å². The summed E-state index contributed by atoms with van der Waals surface area (Å²) in [6.45, 7) is 1.25. The number of halogens is 1. The monoisotopic (exact) mass is 453 g/mol. The lowest BCUT2D eigenvalue weighted by Crippen LogP contribution is -2.36. The number of likely N-dealkylation sites (N-methyl/N-ethyl adjacent to an activating group) is 1. The molecule has 1 aliphatic rings. The standard InChI is InChI=1S/C23H24ClN5OS/c1-27-10-9-25-20(27)13-28(2)16-7-8-17-19(11-16)31-22-21(17)23(30)29(14-26-22)12-15-5-3-4-6-18(15)24/h3-6,9-10,14,16H,7-8,11-13H2,1-2H3/t16-/m1/s1. The molecule has 1 aromatic carbocycles. The molecular formula is C23H24ClN5OS. The van der Waals surface area contributed by atoms with E-state index in [-0.39, 0.29) is 5.56 Å². The molecule has 5 rings (SSSR count). The fourth-order valence-corrected chi connectivity index (χ4v) is 5.83. The van der Waals surface area contributed by atoms with Gasteiger partial charge in [-0.3, -0.25) is 14.3 Å². The molecule has 0 saturated carbocycles. The molecule has 3 heterocycles. The van der Waals surface area contributed by atoms with Gasteiger partial charge in [0.05, 0.1) is 24.8 Å². The van der Waals surface area contributed by atoms with Crippen LogP contribution in [0.5, 0.6) is 0 Å². The number of thiophene rings is 1. The Kier molecular flexibility index (Phi) is 5.42. The third kappa shape index (κ3) is 3.82. The van der Waals surface area contributed by atoms with Crippen LogP contribution in [0.1, 0.15) is 28.2 Å². The van der Waals surface area contributed by atoms with Crippen molar-refractivity contribution in [3.05, 3.63) is 80.2 Å². The summed E-state index contributed by atoms with van der Waals surface area (Å²) in [5, 5.41) is 1.46. The second kappa shape index (κ2) is 8.22. The molecule has 3 aromatic heterocycles. The molecule has 31 heavy (non-hydrogen) atoms. The minimum Gasteiger partial charge on any atom is -0.337 e. The van der Waals surface area contributed by atoms with E-state index in [0.29, 0.717) is 17.6 Å². The van der Waals surface area contributed by atoms with Crippen LogP contribution >= 0.6 is 22.9 Å². The molecule has 0 unspecified atom stereocenters. The van der Waals surface area contributed by atoms with Crippen LogP contribution in [-0.2, 0) is 33.0 Å². The normalized spacial score (nSPS) is 16.2. The molecular weight excluding hydrogens is 430 g/mol. The zero-order valence-corrected chi connectivity index (χ0v) is 19.2. The third-order valence-corrected chi connectivity index (χ3v) is 7.77. The van der Waals surface area contributed by atoms with E-state index in [1.807, 2.05) is 43.7 Å². The number of rotatable bonds is 5. The quantitative estimate of drug-likeness (QED) is 0.460. The van der Waals surface area contributed by atoms with Crippen LogP contribution in [0.4, 0.5) is 0 Å². The number of nitrogens with zero attached hydrogens (tertiary/aromatic N) is 5. The summed E-state index contributed by atoms with van der Waals surface area (Å²) in [4.78, 5) is 26.9. The highest BCUT2D eigenvalue weighted by molar-refractivity contribution is 7.18. The predicted molar refractivity (Wildman–Crippen MR) is 125 cm³/mol. The second-order valence-corrected chi connectivity index (χ2v) is 9.71. The lowest BCUT2D eigenvalue weighted by molar-refractivity contribution is 0.209. The number of aromatic nitrogens is 4. The fourth-order valence-electron chi connectivity index (χ4n) is 4.38. The molecule has 0 spiro atoms. The number of aryl methyl sites for hydroxylation is 2. The van der Waals surface area contributed by atoms with Crippen LogP contribution in [0, 0.1) is 0 Å². The van der Waals surface area contributed by atoms with E-state index in [4.69, 9.17) is 11.6 Å². The molecule has 160 valence electrons. The Bertz CT molecular complexity index is 1310. The van der Waals surface area contributed by atoms with Crippen molar-refractivity contribution in [1.29, 1.82) is 0 Å². The molecule has 0 amide bonds. The average Bonchev–Trinajstić information content (AvgIpc) is 3.34. The molecule has 6 nitrogen and oxygen atoms in total. The van der Waals surface area contributed by atoms with Crippen molar-refractivity contribution in [3.8, 4) is 0 Å². The Labute approximate surface area is 189 Å². The van der Waals surface area contributed by atoms with Gasteiger partial charge in [-0.05, 0) is 43.5 Å². The minimum atomic E-state index is 0.0298. The topological polar surface area (TPSA) is 56.0 Å². The lowest BCUT2D eigenvalue weighted by atomic mass is 9.92. The highest BCUT2D eigenvalue weighted by Gasteiger charge is 2.27. The number of hydrogen-bond donors (Lipinski definition) is 0. The summed E-state index contributed by atoms with van der Waals surface area (Å²) in [7, 11) is 4.19. The lowest BCUT2D eigenvalue weighted by Gasteiger charge is -2.30. The molecule has 0 aliphatic heterocycles. The molecule has 0 saturated heterocycles. The first-order valence-corrected chi connectivity index (χ1v) is 11.6. The van der Waals surface area contributed by atoms with Crippen molar-refractivity contribution in [1.82, 2.24) is 24.0 Å². The van der Waals surface area contributed by atoms with Gasteiger partial charge in [0.1, 0.15) is 10.7 Å².